The summed E-state index contributed by atoms with van der Waals surface area (Å²) >= 11 is 1.75. The molecule has 0 spiro atoms. The second-order valence-corrected chi connectivity index (χ2v) is 8.31. The number of benzene rings is 2. The Morgan fingerprint density at radius 2 is 1.76 bits per heavy atom. The van der Waals surface area contributed by atoms with E-state index in [9.17, 15) is 9.59 Å². The van der Waals surface area contributed by atoms with Gasteiger partial charge in [-0.1, -0.05) is 61.5 Å². The molecule has 29 heavy (non-hydrogen) atoms. The summed E-state index contributed by atoms with van der Waals surface area (Å²) in [4.78, 5) is 27.3. The molecule has 0 aromatic heterocycles. The van der Waals surface area contributed by atoms with Crippen molar-refractivity contribution in [3.8, 4) is 0 Å². The van der Waals surface area contributed by atoms with Gasteiger partial charge >= 0.3 is 0 Å². The molecule has 0 fully saturated rings. The number of carbonyl (C=O) groups excluding carboxylic acids is 2. The van der Waals surface area contributed by atoms with Crippen LogP contribution in [0.2, 0.25) is 0 Å². The number of amides is 2. The first kappa shape index (κ1) is 23.0. The number of hydrogen-bond acceptors (Lipinski definition) is 3. The topological polar surface area (TPSA) is 49.4 Å². The monoisotopic (exact) mass is 412 g/mol. The summed E-state index contributed by atoms with van der Waals surface area (Å²) in [5.41, 5.74) is 3.46. The summed E-state index contributed by atoms with van der Waals surface area (Å²) < 4.78 is 0. The number of aryl methyl sites for hydroxylation is 1. The molecule has 0 aliphatic heterocycles. The van der Waals surface area contributed by atoms with Crippen LogP contribution in [0.15, 0.2) is 54.6 Å². The van der Waals surface area contributed by atoms with Gasteiger partial charge in [0.25, 0.3) is 0 Å². The van der Waals surface area contributed by atoms with E-state index in [0.717, 1.165) is 29.1 Å². The van der Waals surface area contributed by atoms with E-state index in [1.807, 2.05) is 63.2 Å². The zero-order valence-corrected chi connectivity index (χ0v) is 18.5. The lowest BCUT2D eigenvalue weighted by Gasteiger charge is -2.29. The molecule has 2 aromatic rings. The summed E-state index contributed by atoms with van der Waals surface area (Å²) in [7, 11) is 0. The van der Waals surface area contributed by atoms with Crippen LogP contribution in [-0.2, 0) is 21.9 Å². The van der Waals surface area contributed by atoms with Crippen LogP contribution in [0, 0.1) is 6.92 Å². The average molecular weight is 413 g/mol. The fourth-order valence-corrected chi connectivity index (χ4v) is 3.91. The van der Waals surface area contributed by atoms with Crippen molar-refractivity contribution in [1.29, 1.82) is 0 Å². The largest absolute Gasteiger partial charge is 0.354 e. The minimum absolute atomic E-state index is 0.0213. The molecule has 0 radical (unpaired) electrons. The summed E-state index contributed by atoms with van der Waals surface area (Å²) in [6.45, 7) is 6.96. The third kappa shape index (κ3) is 7.58. The van der Waals surface area contributed by atoms with E-state index in [1.165, 1.54) is 5.56 Å². The van der Waals surface area contributed by atoms with Gasteiger partial charge in [-0.2, -0.15) is 11.8 Å². The first-order valence-electron chi connectivity index (χ1n) is 10.3. The highest BCUT2D eigenvalue weighted by Crippen LogP contribution is 2.17. The highest BCUT2D eigenvalue weighted by Gasteiger charge is 2.25. The first-order chi connectivity index (χ1) is 14.0. The van der Waals surface area contributed by atoms with E-state index in [-0.39, 0.29) is 11.8 Å². The zero-order chi connectivity index (χ0) is 21.1. The molecule has 5 heteroatoms. The summed E-state index contributed by atoms with van der Waals surface area (Å²) in [6.07, 6.45) is 1.30. The highest BCUT2D eigenvalue weighted by molar-refractivity contribution is 7.98. The Kier molecular flexibility index (Phi) is 9.78. The number of thioether (sulfide) groups is 1. The number of rotatable bonds is 11. The second-order valence-electron chi connectivity index (χ2n) is 7.20. The van der Waals surface area contributed by atoms with Gasteiger partial charge in [-0.3, -0.25) is 9.59 Å². The third-order valence-corrected chi connectivity index (χ3v) is 5.92. The lowest BCUT2D eigenvalue weighted by molar-refractivity contribution is -0.140. The Morgan fingerprint density at radius 1 is 1.07 bits per heavy atom. The molecular weight excluding hydrogens is 380 g/mol. The predicted molar refractivity (Wildman–Crippen MR) is 122 cm³/mol. The highest BCUT2D eigenvalue weighted by atomic mass is 32.2. The SMILES string of the molecule is CCCNC(=O)C(C)N(Cc1ccccc1C)C(=O)CCSCc1ccccc1. The minimum atomic E-state index is -0.493. The second kappa shape index (κ2) is 12.3. The van der Waals surface area contributed by atoms with E-state index in [2.05, 4.69) is 17.4 Å². The van der Waals surface area contributed by atoms with Crippen LogP contribution in [0.25, 0.3) is 0 Å². The number of nitrogens with one attached hydrogen (secondary N) is 1. The van der Waals surface area contributed by atoms with E-state index in [0.29, 0.717) is 19.5 Å². The van der Waals surface area contributed by atoms with Gasteiger partial charge in [-0.05, 0) is 37.0 Å². The van der Waals surface area contributed by atoms with Crippen molar-refractivity contribution in [2.24, 2.45) is 0 Å². The van der Waals surface area contributed by atoms with Gasteiger partial charge in [0.15, 0.2) is 0 Å². The van der Waals surface area contributed by atoms with E-state index >= 15 is 0 Å². The average Bonchev–Trinajstić information content (AvgIpc) is 2.74. The van der Waals surface area contributed by atoms with Crippen LogP contribution in [0.5, 0.6) is 0 Å². The predicted octanol–water partition coefficient (Wildman–Crippen LogP) is 4.56. The van der Waals surface area contributed by atoms with Gasteiger partial charge in [0.05, 0.1) is 0 Å². The van der Waals surface area contributed by atoms with Crippen molar-refractivity contribution >= 4 is 23.6 Å². The van der Waals surface area contributed by atoms with Gasteiger partial charge in [-0.15, -0.1) is 0 Å². The summed E-state index contributed by atoms with van der Waals surface area (Å²) in [5.74, 6) is 1.55. The third-order valence-electron chi connectivity index (χ3n) is 4.89. The van der Waals surface area contributed by atoms with Crippen LogP contribution in [0.4, 0.5) is 0 Å². The lowest BCUT2D eigenvalue weighted by atomic mass is 10.1. The van der Waals surface area contributed by atoms with Gasteiger partial charge < -0.3 is 10.2 Å². The van der Waals surface area contributed by atoms with Crippen LogP contribution in [-0.4, -0.2) is 35.1 Å². The molecule has 2 rings (SSSR count). The molecule has 0 aliphatic carbocycles. The van der Waals surface area contributed by atoms with Crippen LogP contribution in [0.3, 0.4) is 0 Å². The van der Waals surface area contributed by atoms with Gasteiger partial charge in [0, 0.05) is 31.0 Å². The van der Waals surface area contributed by atoms with Crippen molar-refractivity contribution in [2.45, 2.75) is 52.0 Å². The molecule has 4 nitrogen and oxygen atoms in total. The van der Waals surface area contributed by atoms with Crippen molar-refractivity contribution < 1.29 is 9.59 Å². The fraction of sp³-hybridized carbons (Fsp3) is 0.417. The smallest absolute Gasteiger partial charge is 0.242 e. The fourth-order valence-electron chi connectivity index (χ4n) is 3.02. The number of hydrogen-bond donors (Lipinski definition) is 1. The Hall–Kier alpha value is -2.27. The molecule has 0 saturated heterocycles. The molecule has 1 atom stereocenters. The van der Waals surface area contributed by atoms with E-state index in [1.54, 1.807) is 16.7 Å². The standard InChI is InChI=1S/C24H32N2O2S/c1-4-15-25-24(28)20(3)26(17-22-13-9-8-10-19(22)2)23(27)14-16-29-18-21-11-6-5-7-12-21/h5-13,20H,4,14-18H2,1-3H3,(H,25,28). The molecule has 2 aromatic carbocycles. The summed E-state index contributed by atoms with van der Waals surface area (Å²) in [6, 6.07) is 17.8. The maximum absolute atomic E-state index is 13.0. The van der Waals surface area contributed by atoms with Crippen LogP contribution in [0.1, 0.15) is 43.4 Å². The molecule has 2 amide bonds. The van der Waals surface area contributed by atoms with Crippen LogP contribution >= 0.6 is 11.8 Å². The summed E-state index contributed by atoms with van der Waals surface area (Å²) in [5, 5.41) is 2.92. The number of carbonyl (C=O) groups is 2. The zero-order valence-electron chi connectivity index (χ0n) is 17.7. The molecule has 1 unspecified atom stereocenters. The molecule has 0 bridgehead atoms. The molecule has 0 saturated carbocycles. The molecule has 1 N–H and O–H groups in total. The van der Waals surface area contributed by atoms with Crippen molar-refractivity contribution in [3.05, 3.63) is 71.3 Å². The quantitative estimate of drug-likeness (QED) is 0.550. The normalized spacial score (nSPS) is 11.7. The maximum atomic E-state index is 13.0. The minimum Gasteiger partial charge on any atom is -0.354 e. The van der Waals surface area contributed by atoms with Gasteiger partial charge in [-0.25, -0.2) is 0 Å². The molecular formula is C24H32N2O2S. The van der Waals surface area contributed by atoms with Crippen molar-refractivity contribution in [1.82, 2.24) is 10.2 Å². The van der Waals surface area contributed by atoms with Crippen LogP contribution < -0.4 is 5.32 Å². The van der Waals surface area contributed by atoms with Crippen molar-refractivity contribution in [3.63, 3.8) is 0 Å². The molecule has 0 heterocycles. The Labute approximate surface area is 179 Å². The molecule has 156 valence electrons. The van der Waals surface area contributed by atoms with Crippen molar-refractivity contribution in [2.75, 3.05) is 12.3 Å². The van der Waals surface area contributed by atoms with E-state index < -0.39 is 6.04 Å². The maximum Gasteiger partial charge on any atom is 0.242 e. The lowest BCUT2D eigenvalue weighted by Crippen LogP contribution is -2.47. The Balaban J connectivity index is 1.99. The Morgan fingerprint density at radius 3 is 2.45 bits per heavy atom. The number of nitrogens with zero attached hydrogens (tertiary/aromatic N) is 1. The first-order valence-corrected chi connectivity index (χ1v) is 11.4. The van der Waals surface area contributed by atoms with Gasteiger partial charge in [0.2, 0.25) is 11.8 Å². The van der Waals surface area contributed by atoms with Gasteiger partial charge in [0.1, 0.15) is 6.04 Å². The molecule has 0 aliphatic rings. The van der Waals surface area contributed by atoms with E-state index in [4.69, 9.17) is 0 Å². The Bertz CT molecular complexity index is 779.